The van der Waals surface area contributed by atoms with Crippen LogP contribution in [0.1, 0.15) is 30.3 Å². The summed E-state index contributed by atoms with van der Waals surface area (Å²) in [4.78, 5) is 12.1. The van der Waals surface area contributed by atoms with E-state index in [1.807, 2.05) is 6.92 Å². The Bertz CT molecular complexity index is 570. The van der Waals surface area contributed by atoms with Crippen LogP contribution in [0.15, 0.2) is 33.4 Å². The minimum atomic E-state index is -0.269. The van der Waals surface area contributed by atoms with Crippen molar-refractivity contribution in [3.8, 4) is 11.5 Å². The van der Waals surface area contributed by atoms with E-state index in [1.165, 1.54) is 6.26 Å². The first-order valence-electron chi connectivity index (χ1n) is 6.67. The van der Waals surface area contributed by atoms with Crippen molar-refractivity contribution in [1.82, 2.24) is 10.5 Å². The van der Waals surface area contributed by atoms with Gasteiger partial charge in [-0.3, -0.25) is 4.79 Å². The zero-order valence-corrected chi connectivity index (χ0v) is 11.2. The molecule has 1 aliphatic heterocycles. The molecule has 0 bridgehead atoms. The molecule has 0 radical (unpaired) electrons. The van der Waals surface area contributed by atoms with Crippen LogP contribution in [0.5, 0.6) is 0 Å². The lowest BCUT2D eigenvalue weighted by molar-refractivity contribution is 0.0707. The number of nitrogens with one attached hydrogen (secondary N) is 1. The van der Waals surface area contributed by atoms with E-state index in [9.17, 15) is 4.79 Å². The third kappa shape index (κ3) is 2.60. The molecule has 0 saturated carbocycles. The van der Waals surface area contributed by atoms with Gasteiger partial charge in [-0.2, -0.15) is 0 Å². The lowest BCUT2D eigenvalue weighted by atomic mass is 10.1. The molecule has 1 aliphatic rings. The van der Waals surface area contributed by atoms with Gasteiger partial charge in [0.25, 0.3) is 5.91 Å². The summed E-state index contributed by atoms with van der Waals surface area (Å²) in [5.41, 5.74) is 0.237. The molecule has 2 atom stereocenters. The lowest BCUT2D eigenvalue weighted by Crippen LogP contribution is -2.40. The molecule has 3 heterocycles. The molecule has 1 amide bonds. The molecule has 0 unspecified atom stereocenters. The van der Waals surface area contributed by atoms with Gasteiger partial charge < -0.3 is 19.0 Å². The maximum Gasteiger partial charge on any atom is 0.273 e. The van der Waals surface area contributed by atoms with Gasteiger partial charge in [0.2, 0.25) is 5.76 Å². The molecule has 20 heavy (non-hydrogen) atoms. The Kier molecular flexibility index (Phi) is 3.56. The molecule has 1 N–H and O–H groups in total. The fourth-order valence-corrected chi connectivity index (χ4v) is 2.29. The number of hydrogen-bond donors (Lipinski definition) is 1. The summed E-state index contributed by atoms with van der Waals surface area (Å²) in [6, 6.07) is 5.01. The highest BCUT2D eigenvalue weighted by molar-refractivity contribution is 5.93. The molecule has 6 nitrogen and oxygen atoms in total. The van der Waals surface area contributed by atoms with E-state index in [4.69, 9.17) is 13.7 Å². The first-order chi connectivity index (χ1) is 9.74. The van der Waals surface area contributed by atoms with Gasteiger partial charge in [-0.25, -0.2) is 0 Å². The fraction of sp³-hybridized carbons (Fsp3) is 0.429. The Labute approximate surface area is 116 Å². The van der Waals surface area contributed by atoms with Crippen LogP contribution in [-0.2, 0) is 4.74 Å². The van der Waals surface area contributed by atoms with Gasteiger partial charge in [-0.1, -0.05) is 5.16 Å². The number of nitrogens with zero attached hydrogens (tertiary/aromatic N) is 1. The van der Waals surface area contributed by atoms with Crippen LogP contribution in [0.4, 0.5) is 0 Å². The number of carbonyl (C=O) groups excluding carboxylic acids is 1. The van der Waals surface area contributed by atoms with E-state index in [0.717, 1.165) is 19.4 Å². The maximum atomic E-state index is 12.1. The van der Waals surface area contributed by atoms with Crippen LogP contribution < -0.4 is 5.32 Å². The van der Waals surface area contributed by atoms with Gasteiger partial charge in [0.05, 0.1) is 18.4 Å². The number of carbonyl (C=O) groups is 1. The normalized spacial score (nSPS) is 19.9. The zero-order valence-electron chi connectivity index (χ0n) is 11.2. The fourth-order valence-electron chi connectivity index (χ4n) is 2.29. The van der Waals surface area contributed by atoms with Gasteiger partial charge in [0.1, 0.15) is 0 Å². The molecule has 2 aromatic heterocycles. The molecule has 106 valence electrons. The Hall–Kier alpha value is -2.08. The van der Waals surface area contributed by atoms with Gasteiger partial charge in [-0.15, -0.1) is 0 Å². The number of rotatable bonds is 4. The number of furan rings is 1. The summed E-state index contributed by atoms with van der Waals surface area (Å²) in [5, 5.41) is 6.64. The monoisotopic (exact) mass is 276 g/mol. The summed E-state index contributed by atoms with van der Waals surface area (Å²) in [6.45, 7) is 2.69. The highest BCUT2D eigenvalue weighted by Crippen LogP contribution is 2.21. The zero-order chi connectivity index (χ0) is 13.9. The minimum absolute atomic E-state index is 0.0474. The van der Waals surface area contributed by atoms with Crippen LogP contribution in [0.2, 0.25) is 0 Å². The standard InChI is InChI=1S/C14H16N2O4/c1-9(11-4-2-6-18-11)15-14(17)10-8-13(20-16-10)12-5-3-7-19-12/h3,5,7-9,11H,2,4,6H2,1H3,(H,15,17)/t9-,11+/m1/s1. The first-order valence-corrected chi connectivity index (χ1v) is 6.67. The molecule has 1 fully saturated rings. The van der Waals surface area contributed by atoms with E-state index >= 15 is 0 Å². The average Bonchev–Trinajstić information content (AvgIpc) is 3.19. The molecule has 1 saturated heterocycles. The largest absolute Gasteiger partial charge is 0.461 e. The van der Waals surface area contributed by atoms with Crippen LogP contribution in [-0.4, -0.2) is 29.8 Å². The van der Waals surface area contributed by atoms with E-state index in [1.54, 1.807) is 18.2 Å². The van der Waals surface area contributed by atoms with Gasteiger partial charge >= 0.3 is 0 Å². The summed E-state index contributed by atoms with van der Waals surface area (Å²) in [7, 11) is 0. The Morgan fingerprint density at radius 3 is 3.10 bits per heavy atom. The van der Waals surface area contributed by atoms with Crippen molar-refractivity contribution in [2.45, 2.75) is 31.9 Å². The van der Waals surface area contributed by atoms with Crippen molar-refractivity contribution in [3.05, 3.63) is 30.2 Å². The number of hydrogen-bond acceptors (Lipinski definition) is 5. The quantitative estimate of drug-likeness (QED) is 0.926. The molecule has 0 aromatic carbocycles. The smallest absolute Gasteiger partial charge is 0.273 e. The second kappa shape index (κ2) is 5.50. The second-order valence-electron chi connectivity index (χ2n) is 4.87. The van der Waals surface area contributed by atoms with Crippen molar-refractivity contribution < 1.29 is 18.5 Å². The third-order valence-corrected chi connectivity index (χ3v) is 3.39. The number of ether oxygens (including phenoxy) is 1. The number of aromatic nitrogens is 1. The van der Waals surface area contributed by atoms with E-state index in [-0.39, 0.29) is 23.7 Å². The van der Waals surface area contributed by atoms with Crippen molar-refractivity contribution in [1.29, 1.82) is 0 Å². The van der Waals surface area contributed by atoms with Gasteiger partial charge in [0.15, 0.2) is 11.5 Å². The summed E-state index contributed by atoms with van der Waals surface area (Å²) >= 11 is 0. The van der Waals surface area contributed by atoms with Crippen LogP contribution in [0, 0.1) is 0 Å². The van der Waals surface area contributed by atoms with E-state index in [0.29, 0.717) is 11.5 Å². The predicted octanol–water partition coefficient (Wildman–Crippen LogP) is 2.23. The number of amides is 1. The molecule has 3 rings (SSSR count). The van der Waals surface area contributed by atoms with Crippen LogP contribution in [0.3, 0.4) is 0 Å². The molecular weight excluding hydrogens is 260 g/mol. The van der Waals surface area contributed by atoms with Gasteiger partial charge in [-0.05, 0) is 31.9 Å². The summed E-state index contributed by atoms with van der Waals surface area (Å²) in [6.07, 6.45) is 3.63. The molecular formula is C14H16N2O4. The van der Waals surface area contributed by atoms with Crippen LogP contribution in [0.25, 0.3) is 11.5 Å². The van der Waals surface area contributed by atoms with Crippen molar-refractivity contribution in [2.24, 2.45) is 0 Å². The summed E-state index contributed by atoms with van der Waals surface area (Å²) < 4.78 is 15.8. The molecule has 6 heteroatoms. The molecule has 2 aromatic rings. The topological polar surface area (TPSA) is 77.5 Å². The maximum absolute atomic E-state index is 12.1. The van der Waals surface area contributed by atoms with Crippen molar-refractivity contribution >= 4 is 5.91 Å². The first kappa shape index (κ1) is 12.9. The van der Waals surface area contributed by atoms with E-state index < -0.39 is 0 Å². The average molecular weight is 276 g/mol. The highest BCUT2D eigenvalue weighted by Gasteiger charge is 2.25. The Morgan fingerprint density at radius 2 is 2.40 bits per heavy atom. The molecule has 0 spiro atoms. The SMILES string of the molecule is C[C@@H](NC(=O)c1cc(-c2ccco2)on1)[C@@H]1CCCO1. The Morgan fingerprint density at radius 1 is 1.50 bits per heavy atom. The van der Waals surface area contributed by atoms with Gasteiger partial charge in [0, 0.05) is 12.7 Å². The van der Waals surface area contributed by atoms with E-state index in [2.05, 4.69) is 10.5 Å². The highest BCUT2D eigenvalue weighted by atomic mass is 16.5. The Balaban J connectivity index is 1.65. The minimum Gasteiger partial charge on any atom is -0.461 e. The van der Waals surface area contributed by atoms with Crippen molar-refractivity contribution in [2.75, 3.05) is 6.61 Å². The third-order valence-electron chi connectivity index (χ3n) is 3.39. The predicted molar refractivity (Wildman–Crippen MR) is 70.1 cm³/mol. The van der Waals surface area contributed by atoms with Crippen molar-refractivity contribution in [3.63, 3.8) is 0 Å². The second-order valence-corrected chi connectivity index (χ2v) is 4.87. The molecule has 0 aliphatic carbocycles. The van der Waals surface area contributed by atoms with Crippen LogP contribution >= 0.6 is 0 Å². The summed E-state index contributed by atoms with van der Waals surface area (Å²) in [5.74, 6) is 0.711. The lowest BCUT2D eigenvalue weighted by Gasteiger charge is -2.19.